The summed E-state index contributed by atoms with van der Waals surface area (Å²) in [7, 11) is 0. The van der Waals surface area contributed by atoms with Gasteiger partial charge in [0.05, 0.1) is 6.04 Å². The van der Waals surface area contributed by atoms with Crippen LogP contribution in [0.5, 0.6) is 0 Å². The fourth-order valence-electron chi connectivity index (χ4n) is 4.06. The van der Waals surface area contributed by atoms with E-state index in [0.29, 0.717) is 6.79 Å². The predicted octanol–water partition coefficient (Wildman–Crippen LogP) is 4.09. The Morgan fingerprint density at radius 2 is 1.77 bits per heavy atom. The van der Waals surface area contributed by atoms with Gasteiger partial charge in [-0.15, -0.1) is 0 Å². The van der Waals surface area contributed by atoms with Crippen LogP contribution in [-0.2, 0) is 15.9 Å². The quantitative estimate of drug-likeness (QED) is 0.582. The van der Waals surface area contributed by atoms with E-state index in [4.69, 9.17) is 14.5 Å². The first-order valence-electron chi connectivity index (χ1n) is 10.6. The molecule has 0 saturated carbocycles. The third-order valence-corrected chi connectivity index (χ3v) is 6.62. The largest absolute Gasteiger partial charge is 0.462 e. The van der Waals surface area contributed by atoms with E-state index in [9.17, 15) is 0 Å². The van der Waals surface area contributed by atoms with Crippen molar-refractivity contribution in [2.24, 2.45) is 0 Å². The molecule has 0 radical (unpaired) electrons. The molecular formula is C24H26N4O2S. The molecule has 160 valence electrons. The number of hydrogen-bond donors (Lipinski definition) is 0. The summed E-state index contributed by atoms with van der Waals surface area (Å²) >= 11 is 1.48. The monoisotopic (exact) mass is 434 g/mol. The Labute approximate surface area is 186 Å². The van der Waals surface area contributed by atoms with E-state index in [1.165, 1.54) is 22.7 Å². The molecule has 1 aromatic heterocycles. The summed E-state index contributed by atoms with van der Waals surface area (Å²) in [5.74, 6) is 1.74. The molecule has 0 N–H and O–H groups in total. The second-order valence-corrected chi connectivity index (χ2v) is 8.67. The first-order valence-corrected chi connectivity index (χ1v) is 11.4. The SMILES string of the molecule is Cc1ccc(-c2nsc(N3CCN(C(Cc4ccccc4)C4=COCO4)CC3)n2)cc1. The Morgan fingerprint density at radius 3 is 2.48 bits per heavy atom. The highest BCUT2D eigenvalue weighted by Gasteiger charge is 2.30. The average Bonchev–Trinajstić information content (AvgIpc) is 3.52. The lowest BCUT2D eigenvalue weighted by Crippen LogP contribution is -2.51. The number of hydrogen-bond acceptors (Lipinski definition) is 7. The fraction of sp³-hybridized carbons (Fsp3) is 0.333. The molecule has 1 saturated heterocycles. The second-order valence-electron chi connectivity index (χ2n) is 7.94. The van der Waals surface area contributed by atoms with E-state index < -0.39 is 0 Å². The lowest BCUT2D eigenvalue weighted by molar-refractivity contribution is 0.0580. The van der Waals surface area contributed by atoms with Crippen LogP contribution < -0.4 is 4.90 Å². The lowest BCUT2D eigenvalue weighted by Gasteiger charge is -2.38. The fourth-order valence-corrected chi connectivity index (χ4v) is 4.80. The number of piperazine rings is 1. The summed E-state index contributed by atoms with van der Waals surface area (Å²) in [6.07, 6.45) is 2.69. The minimum Gasteiger partial charge on any atom is -0.462 e. The van der Waals surface area contributed by atoms with Gasteiger partial charge in [-0.25, -0.2) is 0 Å². The van der Waals surface area contributed by atoms with Crippen molar-refractivity contribution in [1.82, 2.24) is 14.3 Å². The maximum absolute atomic E-state index is 5.78. The van der Waals surface area contributed by atoms with E-state index in [1.807, 2.05) is 0 Å². The lowest BCUT2D eigenvalue weighted by atomic mass is 10.0. The van der Waals surface area contributed by atoms with Gasteiger partial charge in [0.25, 0.3) is 0 Å². The Morgan fingerprint density at radius 1 is 1.00 bits per heavy atom. The molecule has 0 aliphatic carbocycles. The van der Waals surface area contributed by atoms with Gasteiger partial charge >= 0.3 is 0 Å². The van der Waals surface area contributed by atoms with Crippen LogP contribution in [0.25, 0.3) is 11.4 Å². The minimum absolute atomic E-state index is 0.185. The topological polar surface area (TPSA) is 50.7 Å². The Balaban J connectivity index is 1.26. The molecule has 1 fully saturated rings. The van der Waals surface area contributed by atoms with Crippen molar-refractivity contribution in [3.8, 4) is 11.4 Å². The highest BCUT2D eigenvalue weighted by Crippen LogP contribution is 2.27. The van der Waals surface area contributed by atoms with Crippen LogP contribution in [-0.4, -0.2) is 53.3 Å². The molecule has 7 heteroatoms. The van der Waals surface area contributed by atoms with Crippen molar-refractivity contribution in [3.63, 3.8) is 0 Å². The maximum Gasteiger partial charge on any atom is 0.229 e. The van der Waals surface area contributed by atoms with Crippen molar-refractivity contribution in [2.45, 2.75) is 19.4 Å². The first kappa shape index (κ1) is 20.0. The van der Waals surface area contributed by atoms with Gasteiger partial charge in [-0.05, 0) is 18.9 Å². The number of rotatable bonds is 6. The molecule has 1 atom stereocenters. The smallest absolute Gasteiger partial charge is 0.229 e. The van der Waals surface area contributed by atoms with Gasteiger partial charge in [0.1, 0.15) is 6.26 Å². The van der Waals surface area contributed by atoms with Crippen LogP contribution in [0, 0.1) is 6.92 Å². The molecular weight excluding hydrogens is 408 g/mol. The number of aromatic nitrogens is 2. The van der Waals surface area contributed by atoms with Crippen LogP contribution in [0.4, 0.5) is 5.13 Å². The Kier molecular flexibility index (Phi) is 5.86. The maximum atomic E-state index is 5.78. The Hall–Kier alpha value is -2.90. The molecule has 31 heavy (non-hydrogen) atoms. The van der Waals surface area contributed by atoms with E-state index in [1.54, 1.807) is 6.26 Å². The summed E-state index contributed by atoms with van der Waals surface area (Å²) in [4.78, 5) is 9.64. The van der Waals surface area contributed by atoms with Crippen molar-refractivity contribution < 1.29 is 9.47 Å². The van der Waals surface area contributed by atoms with E-state index in [-0.39, 0.29) is 6.04 Å². The van der Waals surface area contributed by atoms with Crippen LogP contribution >= 0.6 is 11.5 Å². The van der Waals surface area contributed by atoms with Gasteiger partial charge < -0.3 is 14.4 Å². The van der Waals surface area contributed by atoms with Crippen molar-refractivity contribution in [1.29, 1.82) is 0 Å². The Bertz CT molecular complexity index is 1030. The third kappa shape index (κ3) is 4.57. The number of aryl methyl sites for hydroxylation is 1. The van der Waals surface area contributed by atoms with E-state index in [0.717, 1.165) is 54.9 Å². The molecule has 0 amide bonds. The minimum atomic E-state index is 0.185. The molecule has 0 bridgehead atoms. The van der Waals surface area contributed by atoms with Gasteiger partial charge in [-0.3, -0.25) is 4.90 Å². The normalized spacial score (nSPS) is 17.7. The van der Waals surface area contributed by atoms with Crippen molar-refractivity contribution in [3.05, 3.63) is 77.7 Å². The van der Waals surface area contributed by atoms with Crippen LogP contribution in [0.1, 0.15) is 11.1 Å². The van der Waals surface area contributed by atoms with Crippen LogP contribution in [0.3, 0.4) is 0 Å². The summed E-state index contributed by atoms with van der Waals surface area (Å²) < 4.78 is 15.7. The zero-order valence-electron chi connectivity index (χ0n) is 17.6. The molecule has 2 aliphatic heterocycles. The standard InChI is InChI=1S/C24H26N4O2S/c1-18-7-9-20(10-8-18)23-25-24(31-26-23)28-13-11-27(12-14-28)21(22-16-29-17-30-22)15-19-5-3-2-4-6-19/h2-10,16,21H,11-15,17H2,1H3. The molecule has 2 aliphatic rings. The summed E-state index contributed by atoms with van der Waals surface area (Å²) in [5, 5.41) is 0.995. The highest BCUT2D eigenvalue weighted by atomic mass is 32.1. The zero-order chi connectivity index (χ0) is 21.0. The third-order valence-electron chi connectivity index (χ3n) is 5.84. The van der Waals surface area contributed by atoms with Gasteiger partial charge in [0.15, 0.2) is 11.6 Å². The molecule has 3 heterocycles. The average molecular weight is 435 g/mol. The number of nitrogens with zero attached hydrogens (tertiary/aromatic N) is 4. The van der Waals surface area contributed by atoms with Crippen molar-refractivity contribution >= 4 is 16.7 Å². The van der Waals surface area contributed by atoms with E-state index in [2.05, 4.69) is 75.7 Å². The summed E-state index contributed by atoms with van der Waals surface area (Å²) in [6.45, 7) is 6.12. The van der Waals surface area contributed by atoms with Crippen molar-refractivity contribution in [2.75, 3.05) is 37.9 Å². The predicted molar refractivity (Wildman–Crippen MR) is 123 cm³/mol. The van der Waals surface area contributed by atoms with Gasteiger partial charge in [-0.1, -0.05) is 60.2 Å². The number of ether oxygens (including phenoxy) is 2. The zero-order valence-corrected chi connectivity index (χ0v) is 18.4. The first-order chi connectivity index (χ1) is 15.3. The molecule has 3 aromatic rings. The molecule has 1 unspecified atom stereocenters. The van der Waals surface area contributed by atoms with Crippen LogP contribution in [0.15, 0.2) is 66.6 Å². The van der Waals surface area contributed by atoms with Gasteiger partial charge in [0, 0.05) is 43.3 Å². The summed E-state index contributed by atoms with van der Waals surface area (Å²) in [6, 6.07) is 19.1. The highest BCUT2D eigenvalue weighted by molar-refractivity contribution is 7.09. The van der Waals surface area contributed by atoms with Gasteiger partial charge in [-0.2, -0.15) is 9.36 Å². The van der Waals surface area contributed by atoms with E-state index >= 15 is 0 Å². The molecule has 2 aromatic carbocycles. The number of benzene rings is 2. The second kappa shape index (κ2) is 9.08. The van der Waals surface area contributed by atoms with Gasteiger partial charge in [0.2, 0.25) is 11.9 Å². The molecule has 6 nitrogen and oxygen atoms in total. The number of anilines is 1. The van der Waals surface area contributed by atoms with Crippen LogP contribution in [0.2, 0.25) is 0 Å². The molecule has 0 spiro atoms. The molecule has 5 rings (SSSR count). The summed E-state index contributed by atoms with van der Waals surface area (Å²) in [5.41, 5.74) is 3.62.